The van der Waals surface area contributed by atoms with Crippen molar-refractivity contribution in [3.05, 3.63) is 42.0 Å². The number of aryl methyl sites for hydroxylation is 1. The van der Waals surface area contributed by atoms with Crippen molar-refractivity contribution >= 4 is 11.4 Å². The van der Waals surface area contributed by atoms with Crippen LogP contribution in [0.5, 0.6) is 0 Å². The first-order valence-corrected chi connectivity index (χ1v) is 4.92. The Bertz CT molecular complexity index is 472. The maximum atomic E-state index is 13.0. The molecular weight excluding hydrogens is 207 g/mol. The molecule has 84 valence electrons. The molecule has 4 nitrogen and oxygen atoms in total. The number of nitrogen functional groups attached to an aromatic ring is 1. The average molecular weight is 220 g/mol. The molecule has 1 aromatic heterocycles. The second kappa shape index (κ2) is 4.22. The number of benzene rings is 1. The fourth-order valence-electron chi connectivity index (χ4n) is 1.46. The summed E-state index contributed by atoms with van der Waals surface area (Å²) in [5, 5.41) is 7.26. The van der Waals surface area contributed by atoms with Crippen LogP contribution in [-0.4, -0.2) is 9.78 Å². The maximum absolute atomic E-state index is 13.0. The van der Waals surface area contributed by atoms with Crippen molar-refractivity contribution < 1.29 is 4.39 Å². The highest BCUT2D eigenvalue weighted by Gasteiger charge is 2.00. The van der Waals surface area contributed by atoms with Gasteiger partial charge in [0.15, 0.2) is 0 Å². The van der Waals surface area contributed by atoms with Gasteiger partial charge in [-0.05, 0) is 24.3 Å². The molecule has 0 atom stereocenters. The lowest BCUT2D eigenvalue weighted by molar-refractivity contribution is 0.629. The average Bonchev–Trinajstić information content (AvgIpc) is 2.60. The van der Waals surface area contributed by atoms with Gasteiger partial charge in [0.05, 0.1) is 12.2 Å². The van der Waals surface area contributed by atoms with Crippen molar-refractivity contribution in [2.75, 3.05) is 11.1 Å². The van der Waals surface area contributed by atoms with E-state index in [1.807, 2.05) is 19.3 Å². The summed E-state index contributed by atoms with van der Waals surface area (Å²) >= 11 is 0. The molecule has 0 saturated carbocycles. The fourth-order valence-corrected chi connectivity index (χ4v) is 1.46. The van der Waals surface area contributed by atoms with Gasteiger partial charge in [-0.1, -0.05) is 0 Å². The zero-order chi connectivity index (χ0) is 11.5. The minimum Gasteiger partial charge on any atom is -0.399 e. The zero-order valence-electron chi connectivity index (χ0n) is 8.94. The van der Waals surface area contributed by atoms with E-state index in [0.29, 0.717) is 17.9 Å². The van der Waals surface area contributed by atoms with Crippen LogP contribution in [0.15, 0.2) is 30.5 Å². The van der Waals surface area contributed by atoms with Crippen LogP contribution >= 0.6 is 0 Å². The highest BCUT2D eigenvalue weighted by atomic mass is 19.1. The minimum atomic E-state index is -0.344. The Morgan fingerprint density at radius 2 is 2.25 bits per heavy atom. The Kier molecular flexibility index (Phi) is 2.76. The van der Waals surface area contributed by atoms with Crippen LogP contribution in [0.4, 0.5) is 15.8 Å². The Balaban J connectivity index is 2.04. The van der Waals surface area contributed by atoms with Crippen molar-refractivity contribution in [2.45, 2.75) is 6.54 Å². The number of nitrogens with one attached hydrogen (secondary N) is 1. The summed E-state index contributed by atoms with van der Waals surface area (Å²) in [5.41, 5.74) is 7.49. The first-order valence-electron chi connectivity index (χ1n) is 4.92. The molecule has 0 amide bonds. The van der Waals surface area contributed by atoms with Crippen molar-refractivity contribution in [2.24, 2.45) is 7.05 Å². The Labute approximate surface area is 92.9 Å². The molecule has 0 unspecified atom stereocenters. The Morgan fingerprint density at radius 3 is 2.88 bits per heavy atom. The van der Waals surface area contributed by atoms with Gasteiger partial charge >= 0.3 is 0 Å². The molecule has 2 rings (SSSR count). The van der Waals surface area contributed by atoms with Crippen molar-refractivity contribution in [1.29, 1.82) is 0 Å². The minimum absolute atomic E-state index is 0.344. The number of nitrogens with zero attached hydrogens (tertiary/aromatic N) is 2. The monoisotopic (exact) mass is 220 g/mol. The van der Waals surface area contributed by atoms with E-state index in [2.05, 4.69) is 10.4 Å². The van der Waals surface area contributed by atoms with E-state index in [9.17, 15) is 4.39 Å². The van der Waals surface area contributed by atoms with Crippen LogP contribution < -0.4 is 11.1 Å². The van der Waals surface area contributed by atoms with Crippen LogP contribution in [0.3, 0.4) is 0 Å². The molecule has 0 aliphatic heterocycles. The van der Waals surface area contributed by atoms with E-state index in [-0.39, 0.29) is 5.82 Å². The van der Waals surface area contributed by atoms with Gasteiger partial charge < -0.3 is 11.1 Å². The number of anilines is 2. The standard InChI is InChI=1S/C11H13FN4/c1-16-3-2-10(15-16)7-14-11-5-8(12)4-9(13)6-11/h2-6,14H,7,13H2,1H3. The molecule has 3 N–H and O–H groups in total. The molecule has 0 bridgehead atoms. The number of aromatic nitrogens is 2. The molecule has 16 heavy (non-hydrogen) atoms. The SMILES string of the molecule is Cn1ccc(CNc2cc(N)cc(F)c2)n1. The smallest absolute Gasteiger partial charge is 0.127 e. The Hall–Kier alpha value is -2.04. The highest BCUT2D eigenvalue weighted by molar-refractivity contribution is 5.54. The Morgan fingerprint density at radius 1 is 1.44 bits per heavy atom. The summed E-state index contributed by atoms with van der Waals surface area (Å²) in [5.74, 6) is -0.344. The molecule has 5 heteroatoms. The lowest BCUT2D eigenvalue weighted by Crippen LogP contribution is -2.02. The van der Waals surface area contributed by atoms with Crippen LogP contribution in [0, 0.1) is 5.82 Å². The zero-order valence-corrected chi connectivity index (χ0v) is 8.94. The van der Waals surface area contributed by atoms with Crippen LogP contribution in [0.2, 0.25) is 0 Å². The summed E-state index contributed by atoms with van der Waals surface area (Å²) in [7, 11) is 1.85. The first kappa shape index (κ1) is 10.5. The van der Waals surface area contributed by atoms with Crippen molar-refractivity contribution in [1.82, 2.24) is 9.78 Å². The quantitative estimate of drug-likeness (QED) is 0.775. The first-order chi connectivity index (χ1) is 7.63. The van der Waals surface area contributed by atoms with Gasteiger partial charge in [-0.2, -0.15) is 5.10 Å². The molecule has 0 radical (unpaired) electrons. The van der Waals surface area contributed by atoms with Gasteiger partial charge in [-0.3, -0.25) is 4.68 Å². The second-order valence-corrected chi connectivity index (χ2v) is 3.61. The predicted molar refractivity (Wildman–Crippen MR) is 61.3 cm³/mol. The molecule has 1 aromatic carbocycles. The summed E-state index contributed by atoms with van der Waals surface area (Å²) in [6.07, 6.45) is 1.86. The van der Waals surface area contributed by atoms with Gasteiger partial charge in [0, 0.05) is 24.6 Å². The number of rotatable bonds is 3. The predicted octanol–water partition coefficient (Wildman–Crippen LogP) is 1.75. The van der Waals surface area contributed by atoms with E-state index in [4.69, 9.17) is 5.73 Å². The molecule has 0 spiro atoms. The number of hydrogen-bond acceptors (Lipinski definition) is 3. The third-order valence-electron chi connectivity index (χ3n) is 2.16. The molecular formula is C11H13FN4. The topological polar surface area (TPSA) is 55.9 Å². The second-order valence-electron chi connectivity index (χ2n) is 3.61. The molecule has 2 aromatic rings. The van der Waals surface area contributed by atoms with Crippen molar-refractivity contribution in [3.8, 4) is 0 Å². The van der Waals surface area contributed by atoms with E-state index < -0.39 is 0 Å². The third-order valence-corrected chi connectivity index (χ3v) is 2.16. The van der Waals surface area contributed by atoms with Crippen LogP contribution in [0.25, 0.3) is 0 Å². The van der Waals surface area contributed by atoms with Crippen LogP contribution in [0.1, 0.15) is 5.69 Å². The summed E-state index contributed by atoms with van der Waals surface area (Å²) in [6, 6.07) is 6.27. The fraction of sp³-hybridized carbons (Fsp3) is 0.182. The van der Waals surface area contributed by atoms with Gasteiger partial charge in [-0.15, -0.1) is 0 Å². The summed E-state index contributed by atoms with van der Waals surface area (Å²) < 4.78 is 14.7. The molecule has 0 saturated heterocycles. The normalized spacial score (nSPS) is 10.4. The summed E-state index contributed by atoms with van der Waals surface area (Å²) in [4.78, 5) is 0. The van der Waals surface area contributed by atoms with E-state index >= 15 is 0 Å². The lowest BCUT2D eigenvalue weighted by atomic mass is 10.2. The molecule has 1 heterocycles. The molecule has 0 aliphatic rings. The number of nitrogens with two attached hydrogens (primary N) is 1. The number of halogens is 1. The van der Waals surface area contributed by atoms with E-state index in [0.717, 1.165) is 5.69 Å². The van der Waals surface area contributed by atoms with Crippen molar-refractivity contribution in [3.63, 3.8) is 0 Å². The molecule has 0 fully saturated rings. The lowest BCUT2D eigenvalue weighted by Gasteiger charge is -2.05. The molecule has 0 aliphatic carbocycles. The maximum Gasteiger partial charge on any atom is 0.127 e. The van der Waals surface area contributed by atoms with Gasteiger partial charge in [-0.25, -0.2) is 4.39 Å². The van der Waals surface area contributed by atoms with Gasteiger partial charge in [0.1, 0.15) is 5.82 Å². The van der Waals surface area contributed by atoms with E-state index in [1.54, 1.807) is 10.7 Å². The summed E-state index contributed by atoms with van der Waals surface area (Å²) in [6.45, 7) is 0.545. The largest absolute Gasteiger partial charge is 0.399 e. The van der Waals surface area contributed by atoms with Crippen LogP contribution in [-0.2, 0) is 13.6 Å². The third kappa shape index (κ3) is 2.50. The number of hydrogen-bond donors (Lipinski definition) is 2. The van der Waals surface area contributed by atoms with Gasteiger partial charge in [0.25, 0.3) is 0 Å². The van der Waals surface area contributed by atoms with Gasteiger partial charge in [0.2, 0.25) is 0 Å². The van der Waals surface area contributed by atoms with E-state index in [1.165, 1.54) is 12.1 Å². The highest BCUT2D eigenvalue weighted by Crippen LogP contribution is 2.15.